The molecule has 0 saturated carbocycles. The number of rotatable bonds is 5. The molecule has 2 aromatic carbocycles. The van der Waals surface area contributed by atoms with Gasteiger partial charge >= 0.3 is 0 Å². The highest BCUT2D eigenvalue weighted by Gasteiger charge is 2.28. The van der Waals surface area contributed by atoms with Crippen LogP contribution in [0.25, 0.3) is 11.0 Å². The molecular formula is C22H21ClN2O4S. The topological polar surface area (TPSA) is 71.8 Å². The van der Waals surface area contributed by atoms with E-state index >= 15 is 0 Å². The summed E-state index contributed by atoms with van der Waals surface area (Å²) in [5, 5.41) is 3.89. The standard InChI is InChI=1S/C22H21ClN2O4S/c1-14(30-16-8-6-15(23)7-9-16)21(26)24-19-17-4-2-3-5-18(17)29-20(19)22(27)25-10-12-28-13-11-25/h2-9,14H,10-13H2,1H3,(H,24,26)/t14-/m1/s1. The second kappa shape index (κ2) is 9.12. The van der Waals surface area contributed by atoms with Crippen molar-refractivity contribution in [1.82, 2.24) is 4.90 Å². The maximum Gasteiger partial charge on any atom is 0.291 e. The lowest BCUT2D eigenvalue weighted by molar-refractivity contribution is -0.115. The Hall–Kier alpha value is -2.48. The van der Waals surface area contributed by atoms with Crippen molar-refractivity contribution >= 4 is 51.8 Å². The molecule has 1 aliphatic heterocycles. The van der Waals surface area contributed by atoms with Crippen LogP contribution in [0, 0.1) is 0 Å². The third-order valence-corrected chi connectivity index (χ3v) is 6.20. The van der Waals surface area contributed by atoms with Crippen LogP contribution in [0.1, 0.15) is 17.5 Å². The van der Waals surface area contributed by atoms with Crippen LogP contribution >= 0.6 is 23.4 Å². The lowest BCUT2D eigenvalue weighted by Crippen LogP contribution is -2.40. The molecule has 1 fully saturated rings. The molecule has 3 aromatic rings. The number of ether oxygens (including phenoxy) is 1. The molecule has 1 aromatic heterocycles. The van der Waals surface area contributed by atoms with Gasteiger partial charge in [-0.2, -0.15) is 0 Å². The van der Waals surface area contributed by atoms with Crippen LogP contribution in [0.15, 0.2) is 57.8 Å². The van der Waals surface area contributed by atoms with Crippen molar-refractivity contribution in [2.45, 2.75) is 17.1 Å². The highest BCUT2D eigenvalue weighted by atomic mass is 35.5. The number of para-hydroxylation sites is 1. The molecular weight excluding hydrogens is 424 g/mol. The van der Waals surface area contributed by atoms with Gasteiger partial charge in [0.1, 0.15) is 11.3 Å². The lowest BCUT2D eigenvalue weighted by Gasteiger charge is -2.26. The Morgan fingerprint density at radius 3 is 2.53 bits per heavy atom. The molecule has 0 spiro atoms. The number of fused-ring (bicyclic) bond motifs is 1. The maximum absolute atomic E-state index is 13.1. The summed E-state index contributed by atoms with van der Waals surface area (Å²) in [7, 11) is 0. The van der Waals surface area contributed by atoms with Gasteiger partial charge in [-0.3, -0.25) is 9.59 Å². The summed E-state index contributed by atoms with van der Waals surface area (Å²) in [6.07, 6.45) is 0. The van der Waals surface area contributed by atoms with Gasteiger partial charge in [-0.1, -0.05) is 23.7 Å². The summed E-state index contributed by atoms with van der Waals surface area (Å²) < 4.78 is 11.2. The van der Waals surface area contributed by atoms with Crippen LogP contribution in [0.2, 0.25) is 5.02 Å². The van der Waals surface area contributed by atoms with Gasteiger partial charge in [0.05, 0.1) is 18.5 Å². The number of amides is 2. The molecule has 1 atom stereocenters. The van der Waals surface area contributed by atoms with E-state index in [0.29, 0.717) is 48.0 Å². The minimum atomic E-state index is -0.383. The third kappa shape index (κ3) is 4.48. The largest absolute Gasteiger partial charge is 0.449 e. The second-order valence-electron chi connectivity index (χ2n) is 6.91. The number of carbonyl (C=O) groups excluding carboxylic acids is 2. The molecule has 2 amide bonds. The first-order chi connectivity index (χ1) is 14.5. The van der Waals surface area contributed by atoms with E-state index in [1.807, 2.05) is 37.3 Å². The van der Waals surface area contributed by atoms with Crippen molar-refractivity contribution in [2.75, 3.05) is 31.6 Å². The molecule has 0 bridgehead atoms. The third-order valence-electron chi connectivity index (χ3n) is 4.83. The Labute approximate surface area is 183 Å². The molecule has 0 aliphatic carbocycles. The Bertz CT molecular complexity index is 1060. The number of anilines is 1. The van der Waals surface area contributed by atoms with Crippen LogP contribution < -0.4 is 5.32 Å². The van der Waals surface area contributed by atoms with Crippen molar-refractivity contribution in [3.05, 3.63) is 59.3 Å². The number of furan rings is 1. The number of benzene rings is 2. The summed E-state index contributed by atoms with van der Waals surface area (Å²) in [6.45, 7) is 3.78. The van der Waals surface area contributed by atoms with E-state index in [-0.39, 0.29) is 22.8 Å². The second-order valence-corrected chi connectivity index (χ2v) is 8.76. The molecule has 0 unspecified atom stereocenters. The quantitative estimate of drug-likeness (QED) is 0.578. The summed E-state index contributed by atoms with van der Waals surface area (Å²) >= 11 is 7.35. The predicted molar refractivity (Wildman–Crippen MR) is 118 cm³/mol. The first kappa shape index (κ1) is 20.8. The SMILES string of the molecule is C[C@@H](Sc1ccc(Cl)cc1)C(=O)Nc1c(C(=O)N2CCOCC2)oc2ccccc12. The van der Waals surface area contributed by atoms with Crippen LogP contribution in [-0.4, -0.2) is 48.3 Å². The van der Waals surface area contributed by atoms with Crippen molar-refractivity contribution in [2.24, 2.45) is 0 Å². The number of carbonyl (C=O) groups is 2. The van der Waals surface area contributed by atoms with E-state index < -0.39 is 0 Å². The fourth-order valence-corrected chi connectivity index (χ4v) is 4.22. The van der Waals surface area contributed by atoms with Crippen LogP contribution in [0.5, 0.6) is 0 Å². The summed E-state index contributed by atoms with van der Waals surface area (Å²) in [4.78, 5) is 28.6. The highest BCUT2D eigenvalue weighted by molar-refractivity contribution is 8.00. The van der Waals surface area contributed by atoms with Crippen LogP contribution in [0.3, 0.4) is 0 Å². The average molecular weight is 445 g/mol. The zero-order valence-electron chi connectivity index (χ0n) is 16.4. The van der Waals surface area contributed by atoms with E-state index in [1.165, 1.54) is 11.8 Å². The van der Waals surface area contributed by atoms with Crippen molar-refractivity contribution in [1.29, 1.82) is 0 Å². The van der Waals surface area contributed by atoms with Gasteiger partial charge in [0.2, 0.25) is 11.7 Å². The summed E-state index contributed by atoms with van der Waals surface area (Å²) in [5.74, 6) is -0.310. The smallest absolute Gasteiger partial charge is 0.291 e. The van der Waals surface area contributed by atoms with E-state index in [4.69, 9.17) is 20.8 Å². The zero-order valence-corrected chi connectivity index (χ0v) is 18.0. The van der Waals surface area contributed by atoms with E-state index in [9.17, 15) is 9.59 Å². The number of hydrogen-bond donors (Lipinski definition) is 1. The van der Waals surface area contributed by atoms with Crippen LogP contribution in [0.4, 0.5) is 5.69 Å². The van der Waals surface area contributed by atoms with Crippen molar-refractivity contribution < 1.29 is 18.7 Å². The number of hydrogen-bond acceptors (Lipinski definition) is 5. The number of thioether (sulfide) groups is 1. The van der Waals surface area contributed by atoms with Gasteiger partial charge in [0.25, 0.3) is 5.91 Å². The molecule has 156 valence electrons. The van der Waals surface area contributed by atoms with E-state index in [2.05, 4.69) is 5.32 Å². The molecule has 6 nitrogen and oxygen atoms in total. The van der Waals surface area contributed by atoms with Gasteiger partial charge in [0, 0.05) is 28.4 Å². The summed E-state index contributed by atoms with van der Waals surface area (Å²) in [5.41, 5.74) is 0.970. The average Bonchev–Trinajstić information content (AvgIpc) is 3.13. The Kier molecular flexibility index (Phi) is 6.32. The normalized spacial score (nSPS) is 15.2. The van der Waals surface area contributed by atoms with Crippen LogP contribution in [-0.2, 0) is 9.53 Å². The summed E-state index contributed by atoms with van der Waals surface area (Å²) in [6, 6.07) is 14.6. The fraction of sp³-hybridized carbons (Fsp3) is 0.273. The highest BCUT2D eigenvalue weighted by Crippen LogP contribution is 2.33. The monoisotopic (exact) mass is 444 g/mol. The van der Waals surface area contributed by atoms with Crippen molar-refractivity contribution in [3.8, 4) is 0 Å². The zero-order chi connectivity index (χ0) is 21.1. The molecule has 1 saturated heterocycles. The molecule has 1 N–H and O–H groups in total. The molecule has 4 rings (SSSR count). The number of nitrogens with zero attached hydrogens (tertiary/aromatic N) is 1. The van der Waals surface area contributed by atoms with E-state index in [0.717, 1.165) is 4.90 Å². The molecule has 30 heavy (non-hydrogen) atoms. The molecule has 2 heterocycles. The molecule has 1 aliphatic rings. The Morgan fingerprint density at radius 1 is 1.10 bits per heavy atom. The molecule has 0 radical (unpaired) electrons. The lowest BCUT2D eigenvalue weighted by atomic mass is 10.2. The van der Waals surface area contributed by atoms with Gasteiger partial charge in [-0.25, -0.2) is 0 Å². The first-order valence-corrected chi connectivity index (χ1v) is 10.9. The maximum atomic E-state index is 13.1. The fourth-order valence-electron chi connectivity index (χ4n) is 3.23. The molecule has 8 heteroatoms. The predicted octanol–water partition coefficient (Wildman–Crippen LogP) is 4.68. The van der Waals surface area contributed by atoms with Gasteiger partial charge in [-0.15, -0.1) is 11.8 Å². The van der Waals surface area contributed by atoms with Gasteiger partial charge in [0.15, 0.2) is 0 Å². The van der Waals surface area contributed by atoms with Crippen molar-refractivity contribution in [3.63, 3.8) is 0 Å². The minimum absolute atomic E-state index is 0.148. The number of halogens is 1. The van der Waals surface area contributed by atoms with E-state index in [1.54, 1.807) is 23.1 Å². The van der Waals surface area contributed by atoms with Gasteiger partial charge < -0.3 is 19.4 Å². The first-order valence-electron chi connectivity index (χ1n) is 9.64. The Balaban J connectivity index is 1.58. The number of morpholine rings is 1. The minimum Gasteiger partial charge on any atom is -0.449 e. The van der Waals surface area contributed by atoms with Gasteiger partial charge in [-0.05, 0) is 43.3 Å². The Morgan fingerprint density at radius 2 is 1.80 bits per heavy atom. The number of nitrogens with one attached hydrogen (secondary N) is 1.